The van der Waals surface area contributed by atoms with Crippen molar-refractivity contribution in [3.8, 4) is 5.75 Å². The molecule has 0 aliphatic heterocycles. The van der Waals surface area contributed by atoms with Gasteiger partial charge in [0.15, 0.2) is 0 Å². The third-order valence-corrected chi connectivity index (χ3v) is 3.00. The number of para-hydroxylation sites is 1. The molecule has 6 heteroatoms. The first-order valence-corrected chi connectivity index (χ1v) is 6.43. The van der Waals surface area contributed by atoms with Crippen molar-refractivity contribution in [2.45, 2.75) is 6.42 Å². The smallest absolute Gasteiger partial charge is 0.255 e. The van der Waals surface area contributed by atoms with Crippen molar-refractivity contribution < 1.29 is 13.9 Å². The van der Waals surface area contributed by atoms with Crippen molar-refractivity contribution in [1.82, 2.24) is 10.3 Å². The molecule has 1 heterocycles. The molecule has 1 aromatic carbocycles. The van der Waals surface area contributed by atoms with E-state index < -0.39 is 11.7 Å². The Labute approximate surface area is 121 Å². The highest BCUT2D eigenvalue weighted by Gasteiger charge is 2.12. The van der Waals surface area contributed by atoms with Crippen LogP contribution in [0.5, 0.6) is 5.75 Å². The Balaban J connectivity index is 1.97. The largest absolute Gasteiger partial charge is 0.496 e. The normalized spacial score (nSPS) is 10.2. The lowest BCUT2D eigenvalue weighted by Gasteiger charge is -2.09. The molecule has 0 saturated heterocycles. The maximum Gasteiger partial charge on any atom is 0.255 e. The van der Waals surface area contributed by atoms with Crippen LogP contribution in [0.4, 0.5) is 10.2 Å². The number of halogens is 1. The van der Waals surface area contributed by atoms with E-state index in [4.69, 9.17) is 10.5 Å². The summed E-state index contributed by atoms with van der Waals surface area (Å²) in [6.07, 6.45) is 1.57. The van der Waals surface area contributed by atoms with Crippen LogP contribution >= 0.6 is 0 Å². The van der Waals surface area contributed by atoms with E-state index in [1.165, 1.54) is 0 Å². The lowest BCUT2D eigenvalue weighted by atomic mass is 10.1. The molecule has 5 nitrogen and oxygen atoms in total. The fourth-order valence-corrected chi connectivity index (χ4v) is 1.95. The van der Waals surface area contributed by atoms with Gasteiger partial charge in [-0.3, -0.25) is 4.79 Å². The van der Waals surface area contributed by atoms with Crippen molar-refractivity contribution in [1.29, 1.82) is 0 Å². The molecule has 0 spiro atoms. The summed E-state index contributed by atoms with van der Waals surface area (Å²) >= 11 is 0. The van der Waals surface area contributed by atoms with Gasteiger partial charge >= 0.3 is 0 Å². The molecule has 0 fully saturated rings. The SMILES string of the molecule is COc1ccccc1CCNC(=O)c1cc(F)cnc1N. The van der Waals surface area contributed by atoms with E-state index in [0.29, 0.717) is 13.0 Å². The molecule has 21 heavy (non-hydrogen) atoms. The van der Waals surface area contributed by atoms with Crippen molar-refractivity contribution in [3.05, 3.63) is 53.5 Å². The fraction of sp³-hybridized carbons (Fsp3) is 0.200. The first-order valence-electron chi connectivity index (χ1n) is 6.43. The molecule has 110 valence electrons. The molecular weight excluding hydrogens is 273 g/mol. The highest BCUT2D eigenvalue weighted by Crippen LogP contribution is 2.17. The second-order valence-electron chi connectivity index (χ2n) is 4.40. The number of nitrogens with zero attached hydrogens (tertiary/aromatic N) is 1. The molecule has 0 saturated carbocycles. The second-order valence-corrected chi connectivity index (χ2v) is 4.40. The van der Waals surface area contributed by atoms with Crippen molar-refractivity contribution >= 4 is 11.7 Å². The summed E-state index contributed by atoms with van der Waals surface area (Å²) in [4.78, 5) is 15.5. The number of pyridine rings is 1. The molecule has 0 aliphatic carbocycles. The van der Waals surface area contributed by atoms with Crippen LogP contribution in [-0.2, 0) is 6.42 Å². The van der Waals surface area contributed by atoms with Gasteiger partial charge in [-0.05, 0) is 24.1 Å². The molecule has 0 unspecified atom stereocenters. The third-order valence-electron chi connectivity index (χ3n) is 3.00. The van der Waals surface area contributed by atoms with Crippen LogP contribution in [0.15, 0.2) is 36.5 Å². The van der Waals surface area contributed by atoms with E-state index in [1.54, 1.807) is 7.11 Å². The number of carbonyl (C=O) groups is 1. The third kappa shape index (κ3) is 3.68. The Bertz CT molecular complexity index is 647. The Hall–Kier alpha value is -2.63. The van der Waals surface area contributed by atoms with Gasteiger partial charge in [0.25, 0.3) is 5.91 Å². The van der Waals surface area contributed by atoms with Gasteiger partial charge in [0.1, 0.15) is 17.4 Å². The molecule has 1 amide bonds. The zero-order chi connectivity index (χ0) is 15.2. The minimum Gasteiger partial charge on any atom is -0.496 e. The number of amides is 1. The van der Waals surface area contributed by atoms with Gasteiger partial charge < -0.3 is 15.8 Å². The summed E-state index contributed by atoms with van der Waals surface area (Å²) < 4.78 is 18.3. The van der Waals surface area contributed by atoms with Crippen molar-refractivity contribution in [2.24, 2.45) is 0 Å². The summed E-state index contributed by atoms with van der Waals surface area (Å²) in [5, 5.41) is 2.69. The predicted octanol–water partition coefficient (Wildman–Crippen LogP) is 1.78. The molecule has 0 bridgehead atoms. The summed E-state index contributed by atoms with van der Waals surface area (Å²) in [7, 11) is 1.59. The number of nitrogen functional groups attached to an aromatic ring is 1. The summed E-state index contributed by atoms with van der Waals surface area (Å²) in [6.45, 7) is 0.384. The lowest BCUT2D eigenvalue weighted by molar-refractivity contribution is 0.0954. The number of aromatic nitrogens is 1. The number of methoxy groups -OCH3 is 1. The lowest BCUT2D eigenvalue weighted by Crippen LogP contribution is -2.27. The minimum atomic E-state index is -0.598. The van der Waals surface area contributed by atoms with Crippen LogP contribution in [0.2, 0.25) is 0 Å². The quantitative estimate of drug-likeness (QED) is 0.879. The number of nitrogens with one attached hydrogen (secondary N) is 1. The highest BCUT2D eigenvalue weighted by atomic mass is 19.1. The number of hydrogen-bond acceptors (Lipinski definition) is 4. The van der Waals surface area contributed by atoms with Crippen LogP contribution < -0.4 is 15.8 Å². The van der Waals surface area contributed by atoms with Gasteiger partial charge in [0.2, 0.25) is 0 Å². The number of anilines is 1. The van der Waals surface area contributed by atoms with Crippen LogP contribution in [0.3, 0.4) is 0 Å². The number of ether oxygens (including phenoxy) is 1. The summed E-state index contributed by atoms with van der Waals surface area (Å²) in [5.74, 6) is -0.279. The van der Waals surface area contributed by atoms with Gasteiger partial charge in [0.05, 0.1) is 18.9 Å². The van der Waals surface area contributed by atoms with Crippen molar-refractivity contribution in [3.63, 3.8) is 0 Å². The molecule has 1 aromatic heterocycles. The highest BCUT2D eigenvalue weighted by molar-refractivity contribution is 5.98. The van der Waals surface area contributed by atoms with Crippen LogP contribution in [0.1, 0.15) is 15.9 Å². The number of nitrogens with two attached hydrogens (primary N) is 1. The maximum absolute atomic E-state index is 13.1. The van der Waals surface area contributed by atoms with Gasteiger partial charge in [-0.25, -0.2) is 9.37 Å². The van der Waals surface area contributed by atoms with Crippen LogP contribution in [0.25, 0.3) is 0 Å². The first-order chi connectivity index (χ1) is 10.1. The number of rotatable bonds is 5. The Morgan fingerprint density at radius 2 is 2.19 bits per heavy atom. The van der Waals surface area contributed by atoms with E-state index >= 15 is 0 Å². The van der Waals surface area contributed by atoms with Gasteiger partial charge in [-0.1, -0.05) is 18.2 Å². The molecule has 2 aromatic rings. The fourth-order valence-electron chi connectivity index (χ4n) is 1.95. The topological polar surface area (TPSA) is 77.2 Å². The average Bonchev–Trinajstić information content (AvgIpc) is 2.50. The van der Waals surface area contributed by atoms with Crippen molar-refractivity contribution in [2.75, 3.05) is 19.4 Å². The van der Waals surface area contributed by atoms with E-state index in [0.717, 1.165) is 23.6 Å². The van der Waals surface area contributed by atoms with E-state index in [2.05, 4.69) is 10.3 Å². The maximum atomic E-state index is 13.1. The molecule has 3 N–H and O–H groups in total. The predicted molar refractivity (Wildman–Crippen MR) is 77.6 cm³/mol. The monoisotopic (exact) mass is 289 g/mol. The molecular formula is C15H16FN3O2. The van der Waals surface area contributed by atoms with E-state index in [9.17, 15) is 9.18 Å². The molecule has 0 aliphatic rings. The Morgan fingerprint density at radius 3 is 2.95 bits per heavy atom. The second kappa shape index (κ2) is 6.69. The molecule has 2 rings (SSSR count). The van der Waals surface area contributed by atoms with Crippen LogP contribution in [0, 0.1) is 5.82 Å². The number of hydrogen-bond donors (Lipinski definition) is 2. The Morgan fingerprint density at radius 1 is 1.43 bits per heavy atom. The summed E-state index contributed by atoms with van der Waals surface area (Å²) in [6, 6.07) is 8.61. The minimum absolute atomic E-state index is 0.00573. The average molecular weight is 289 g/mol. The van der Waals surface area contributed by atoms with Gasteiger partial charge in [-0.15, -0.1) is 0 Å². The Kier molecular flexibility index (Phi) is 4.71. The number of benzene rings is 1. The van der Waals surface area contributed by atoms with Gasteiger partial charge in [0, 0.05) is 6.54 Å². The first kappa shape index (κ1) is 14.8. The van der Waals surface area contributed by atoms with Gasteiger partial charge in [-0.2, -0.15) is 0 Å². The standard InChI is InChI=1S/C15H16FN3O2/c1-21-13-5-3-2-4-10(13)6-7-18-15(20)12-8-11(16)9-19-14(12)17/h2-5,8-9H,6-7H2,1H3,(H2,17,19)(H,18,20). The summed E-state index contributed by atoms with van der Waals surface area (Å²) in [5.41, 5.74) is 6.57. The van der Waals surface area contributed by atoms with E-state index in [-0.39, 0.29) is 11.4 Å². The molecule has 0 atom stereocenters. The van der Waals surface area contributed by atoms with Crippen LogP contribution in [-0.4, -0.2) is 24.5 Å². The molecule has 0 radical (unpaired) electrons. The zero-order valence-corrected chi connectivity index (χ0v) is 11.6. The van der Waals surface area contributed by atoms with E-state index in [1.807, 2.05) is 24.3 Å². The zero-order valence-electron chi connectivity index (χ0n) is 11.6. The number of carbonyl (C=O) groups excluding carboxylic acids is 1.